The third kappa shape index (κ3) is 4.91. The number of ether oxygens (including phenoxy) is 1. The van der Waals surface area contributed by atoms with Crippen LogP contribution in [0.1, 0.15) is 77.5 Å². The van der Waals surface area contributed by atoms with Crippen molar-refractivity contribution in [3.05, 3.63) is 41.0 Å². The van der Waals surface area contributed by atoms with Crippen molar-refractivity contribution in [2.24, 2.45) is 17.3 Å². The van der Waals surface area contributed by atoms with Gasteiger partial charge in [-0.05, 0) is 90.1 Å². The quantitative estimate of drug-likeness (QED) is 0.214. The normalized spacial score (nSPS) is 29.9. The van der Waals surface area contributed by atoms with Crippen LogP contribution in [0.25, 0.3) is 0 Å². The van der Waals surface area contributed by atoms with E-state index in [0.717, 1.165) is 18.6 Å². The molecule has 0 N–H and O–H groups in total. The molecule has 4 rings (SSSR count). The van der Waals surface area contributed by atoms with E-state index in [2.05, 4.69) is 106 Å². The molecule has 5 atom stereocenters. The van der Waals surface area contributed by atoms with Crippen LogP contribution in [0.2, 0.25) is 36.3 Å². The van der Waals surface area contributed by atoms with Gasteiger partial charge >= 0.3 is 5.97 Å². The molecule has 4 nitrogen and oxygen atoms in total. The Morgan fingerprint density at radius 3 is 2.22 bits per heavy atom. The summed E-state index contributed by atoms with van der Waals surface area (Å²) in [5, 5.41) is 0.283. The average molecular weight is 543 g/mol. The number of esters is 1. The molecule has 0 spiro atoms. The molecule has 0 bridgehead atoms. The van der Waals surface area contributed by atoms with Crippen molar-refractivity contribution >= 4 is 22.6 Å². The van der Waals surface area contributed by atoms with E-state index in [1.165, 1.54) is 16.7 Å². The Hall–Kier alpha value is -1.38. The maximum atomic E-state index is 13.3. The van der Waals surface area contributed by atoms with Crippen molar-refractivity contribution in [1.29, 1.82) is 0 Å². The Morgan fingerprint density at radius 1 is 1.00 bits per heavy atom. The summed E-state index contributed by atoms with van der Waals surface area (Å²) in [4.78, 5) is 13.3. The van der Waals surface area contributed by atoms with E-state index in [-0.39, 0.29) is 33.5 Å². The molecule has 37 heavy (non-hydrogen) atoms. The van der Waals surface area contributed by atoms with Gasteiger partial charge in [0.05, 0.1) is 12.5 Å². The van der Waals surface area contributed by atoms with E-state index < -0.39 is 16.6 Å². The minimum Gasteiger partial charge on any atom is -0.543 e. The lowest BCUT2D eigenvalue weighted by Gasteiger charge is -2.50. The van der Waals surface area contributed by atoms with Gasteiger partial charge in [0.2, 0.25) is 8.32 Å². The standard InChI is InChI=1S/C31H50O4Si2/c1-20-24-17-26-23(22(24)14-16-27(20)35-37(11,12)30(5,6)7)13-15-25-28(32)34-21(18-31(25,26)8)19-33-36(9,10)29(2,3)4/h13-16,21,23,25-26H,17-19H2,1-12H3/t21-,23-,25-,26+,31+/m0/s1. The molecule has 0 radical (unpaired) electrons. The number of carbonyl (C=O) groups is 1. The molecular formula is C31H50O4Si2. The fourth-order valence-corrected chi connectivity index (χ4v) is 8.12. The summed E-state index contributed by atoms with van der Waals surface area (Å²) in [5.41, 5.74) is 3.96. The molecule has 0 saturated carbocycles. The predicted octanol–water partition coefficient (Wildman–Crippen LogP) is 8.16. The largest absolute Gasteiger partial charge is 0.543 e. The van der Waals surface area contributed by atoms with Gasteiger partial charge in [0, 0.05) is 5.92 Å². The Morgan fingerprint density at radius 2 is 1.62 bits per heavy atom. The molecule has 1 saturated heterocycles. The van der Waals surface area contributed by atoms with Crippen molar-refractivity contribution in [3.63, 3.8) is 0 Å². The predicted molar refractivity (Wildman–Crippen MR) is 157 cm³/mol. The molecule has 1 heterocycles. The number of allylic oxidation sites excluding steroid dienone is 1. The minimum atomic E-state index is -1.93. The third-order valence-corrected chi connectivity index (χ3v) is 19.5. The van der Waals surface area contributed by atoms with Gasteiger partial charge in [-0.3, -0.25) is 4.79 Å². The van der Waals surface area contributed by atoms with E-state index >= 15 is 0 Å². The van der Waals surface area contributed by atoms with E-state index in [0.29, 0.717) is 18.4 Å². The van der Waals surface area contributed by atoms with Crippen LogP contribution in [0.4, 0.5) is 0 Å². The zero-order chi connectivity index (χ0) is 27.8. The van der Waals surface area contributed by atoms with Gasteiger partial charge in [-0.2, -0.15) is 0 Å². The SMILES string of the molecule is Cc1c(O[Si](C)(C)C(C)(C)C)ccc2c1C[C@@H]1[C@H]2C=C[C@H]2C(=O)O[C@H](CO[Si](C)(C)C(C)(C)C)C[C@@]12C. The van der Waals surface area contributed by atoms with Gasteiger partial charge in [-0.25, -0.2) is 0 Å². The van der Waals surface area contributed by atoms with Gasteiger partial charge in [0.15, 0.2) is 8.32 Å². The summed E-state index contributed by atoms with van der Waals surface area (Å²) < 4.78 is 19.3. The van der Waals surface area contributed by atoms with E-state index in [4.69, 9.17) is 13.6 Å². The monoisotopic (exact) mass is 542 g/mol. The van der Waals surface area contributed by atoms with Crippen LogP contribution < -0.4 is 4.43 Å². The molecule has 3 aliphatic rings. The number of cyclic esters (lactones) is 1. The summed E-state index contributed by atoms with van der Waals surface area (Å²) >= 11 is 0. The topological polar surface area (TPSA) is 44.8 Å². The number of fused-ring (bicyclic) bond motifs is 5. The molecule has 1 aromatic rings. The van der Waals surface area contributed by atoms with Crippen molar-refractivity contribution in [2.75, 3.05) is 6.61 Å². The van der Waals surface area contributed by atoms with Crippen LogP contribution in [0.3, 0.4) is 0 Å². The van der Waals surface area contributed by atoms with Crippen LogP contribution in [-0.2, 0) is 20.4 Å². The van der Waals surface area contributed by atoms with Crippen molar-refractivity contribution in [3.8, 4) is 5.75 Å². The number of hydrogen-bond donors (Lipinski definition) is 0. The second-order valence-corrected chi connectivity index (χ2v) is 24.7. The second kappa shape index (κ2) is 9.09. The number of benzene rings is 1. The molecule has 6 heteroatoms. The molecule has 1 aromatic carbocycles. The Kier molecular flexibility index (Phi) is 7.03. The smallest absolute Gasteiger partial charge is 0.313 e. The first-order valence-corrected chi connectivity index (χ1v) is 19.9. The van der Waals surface area contributed by atoms with Gasteiger partial charge in [0.1, 0.15) is 11.9 Å². The van der Waals surface area contributed by atoms with E-state index in [1.54, 1.807) is 0 Å². The molecule has 1 aliphatic heterocycles. The lowest BCUT2D eigenvalue weighted by atomic mass is 9.57. The van der Waals surface area contributed by atoms with Crippen LogP contribution in [0.5, 0.6) is 5.75 Å². The van der Waals surface area contributed by atoms with Crippen LogP contribution in [0, 0.1) is 24.2 Å². The van der Waals surface area contributed by atoms with Gasteiger partial charge in [0.25, 0.3) is 0 Å². The zero-order valence-corrected chi connectivity index (χ0v) is 27.4. The van der Waals surface area contributed by atoms with Crippen molar-refractivity contribution < 1.29 is 18.4 Å². The zero-order valence-electron chi connectivity index (χ0n) is 25.4. The Balaban J connectivity index is 1.59. The molecule has 206 valence electrons. The highest BCUT2D eigenvalue weighted by Crippen LogP contribution is 2.59. The fourth-order valence-electron chi connectivity index (χ4n) is 6.01. The molecule has 0 amide bonds. The first kappa shape index (κ1) is 28.6. The third-order valence-electron chi connectivity index (χ3n) is 10.7. The van der Waals surface area contributed by atoms with Gasteiger partial charge in [-0.1, -0.05) is 66.7 Å². The highest BCUT2D eigenvalue weighted by Gasteiger charge is 2.56. The Bertz CT molecular complexity index is 1090. The van der Waals surface area contributed by atoms with Crippen LogP contribution >= 0.6 is 0 Å². The molecule has 0 aromatic heterocycles. The lowest BCUT2D eigenvalue weighted by molar-refractivity contribution is -0.176. The maximum Gasteiger partial charge on any atom is 0.313 e. The number of rotatable bonds is 5. The first-order valence-electron chi connectivity index (χ1n) is 14.1. The van der Waals surface area contributed by atoms with Crippen LogP contribution in [0.15, 0.2) is 24.3 Å². The Labute approximate surface area is 227 Å². The minimum absolute atomic E-state index is 0.0816. The van der Waals surface area contributed by atoms with Crippen molar-refractivity contribution in [1.82, 2.24) is 0 Å². The van der Waals surface area contributed by atoms with Crippen molar-refractivity contribution in [2.45, 2.75) is 117 Å². The van der Waals surface area contributed by atoms with Gasteiger partial charge in [-0.15, -0.1) is 0 Å². The molecule has 1 fully saturated rings. The van der Waals surface area contributed by atoms with Gasteiger partial charge < -0.3 is 13.6 Å². The molecule has 2 aliphatic carbocycles. The lowest BCUT2D eigenvalue weighted by Crippen LogP contribution is -2.52. The van der Waals surface area contributed by atoms with E-state index in [1.807, 2.05) is 0 Å². The number of carbonyl (C=O) groups excluding carboxylic acids is 1. The second-order valence-electron chi connectivity index (χ2n) is 15.2. The summed E-state index contributed by atoms with van der Waals surface area (Å²) in [7, 11) is -3.85. The highest BCUT2D eigenvalue weighted by molar-refractivity contribution is 6.75. The molecule has 0 unspecified atom stereocenters. The highest BCUT2D eigenvalue weighted by atomic mass is 28.4. The number of hydrogen-bond acceptors (Lipinski definition) is 4. The average Bonchev–Trinajstić information content (AvgIpc) is 3.13. The maximum absolute atomic E-state index is 13.3. The van der Waals surface area contributed by atoms with E-state index in [9.17, 15) is 4.79 Å². The van der Waals surface area contributed by atoms with Crippen LogP contribution in [-0.4, -0.2) is 35.3 Å². The first-order chi connectivity index (χ1) is 16.8. The summed E-state index contributed by atoms with van der Waals surface area (Å²) in [6.07, 6.45) is 6.08. The summed E-state index contributed by atoms with van der Waals surface area (Å²) in [6.45, 7) is 27.8. The summed E-state index contributed by atoms with van der Waals surface area (Å²) in [5.74, 6) is 1.49. The summed E-state index contributed by atoms with van der Waals surface area (Å²) in [6, 6.07) is 4.49. The fraction of sp³-hybridized carbons (Fsp3) is 0.710. The molecular weight excluding hydrogens is 493 g/mol.